The number of carboxylic acid groups (broad SMARTS) is 1. The van der Waals surface area contributed by atoms with E-state index in [1.54, 1.807) is 25.3 Å². The molecule has 0 unspecified atom stereocenters. The lowest BCUT2D eigenvalue weighted by Gasteiger charge is -2.39. The van der Waals surface area contributed by atoms with Gasteiger partial charge in [-0.15, -0.1) is 0 Å². The van der Waals surface area contributed by atoms with Crippen LogP contribution in [0.1, 0.15) is 57.4 Å². The Balaban J connectivity index is 1.57. The number of carbonyl (C=O) groups is 1. The molecule has 0 bridgehead atoms. The Morgan fingerprint density at radius 2 is 1.75 bits per heavy atom. The second-order valence-corrected chi connectivity index (χ2v) is 11.1. The fraction of sp³-hybridized carbons (Fsp3) is 0.312. The third-order valence-corrected chi connectivity index (χ3v) is 8.21. The molecule has 0 atom stereocenters. The summed E-state index contributed by atoms with van der Waals surface area (Å²) in [5.41, 5.74) is 8.21. The predicted molar refractivity (Wildman–Crippen MR) is 159 cm³/mol. The SMILES string of the molecule is CO/N=C(/c1ccc(C2=C(c3ccc(Cl)cc3Cl)CCCc3cc(C(=O)O)ccc32)cc1)C1CN(CCCF)C1. The molecular weight excluding hydrogens is 550 g/mol. The van der Waals surface area contributed by atoms with Crippen LogP contribution in [-0.4, -0.2) is 55.1 Å². The van der Waals surface area contributed by atoms with Crippen molar-refractivity contribution in [3.05, 3.63) is 104 Å². The predicted octanol–water partition coefficient (Wildman–Crippen LogP) is 7.63. The second kappa shape index (κ2) is 12.5. The highest BCUT2D eigenvalue weighted by Gasteiger charge is 2.32. The van der Waals surface area contributed by atoms with Crippen LogP contribution in [0.25, 0.3) is 11.1 Å². The van der Waals surface area contributed by atoms with Gasteiger partial charge in [-0.05, 0) is 88.9 Å². The number of halogens is 3. The number of fused-ring (bicyclic) bond motifs is 1. The maximum absolute atomic E-state index is 12.6. The molecule has 1 aliphatic heterocycles. The molecule has 2 aliphatic rings. The number of hydrogen-bond acceptors (Lipinski definition) is 4. The Bertz CT molecular complexity index is 1460. The Morgan fingerprint density at radius 1 is 1.02 bits per heavy atom. The molecule has 1 N–H and O–H groups in total. The summed E-state index contributed by atoms with van der Waals surface area (Å²) in [5, 5.41) is 15.1. The summed E-state index contributed by atoms with van der Waals surface area (Å²) in [6, 6.07) is 19.2. The van der Waals surface area contributed by atoms with Crippen molar-refractivity contribution in [2.24, 2.45) is 11.1 Å². The number of carboxylic acids is 1. The van der Waals surface area contributed by atoms with Crippen molar-refractivity contribution in [3.8, 4) is 0 Å². The number of benzene rings is 3. The number of aryl methyl sites for hydroxylation is 1. The highest BCUT2D eigenvalue weighted by molar-refractivity contribution is 6.36. The van der Waals surface area contributed by atoms with Gasteiger partial charge in [0.25, 0.3) is 0 Å². The van der Waals surface area contributed by atoms with E-state index in [4.69, 9.17) is 28.0 Å². The molecule has 0 spiro atoms. The molecule has 208 valence electrons. The van der Waals surface area contributed by atoms with Crippen LogP contribution in [0.5, 0.6) is 0 Å². The van der Waals surface area contributed by atoms with E-state index in [9.17, 15) is 14.3 Å². The van der Waals surface area contributed by atoms with E-state index < -0.39 is 5.97 Å². The quantitative estimate of drug-likeness (QED) is 0.209. The minimum Gasteiger partial charge on any atom is -0.478 e. The Labute approximate surface area is 243 Å². The first-order valence-electron chi connectivity index (χ1n) is 13.4. The van der Waals surface area contributed by atoms with Gasteiger partial charge in [0.2, 0.25) is 0 Å². The molecular formula is C32H31Cl2FN2O3. The molecule has 1 aliphatic carbocycles. The van der Waals surface area contributed by atoms with Gasteiger partial charge in [-0.2, -0.15) is 0 Å². The average Bonchev–Trinajstić information content (AvgIpc) is 3.11. The van der Waals surface area contributed by atoms with E-state index in [1.807, 2.05) is 18.2 Å². The Kier molecular flexibility index (Phi) is 8.89. The molecule has 0 radical (unpaired) electrons. The summed E-state index contributed by atoms with van der Waals surface area (Å²) >= 11 is 12.9. The topological polar surface area (TPSA) is 62.1 Å². The number of allylic oxidation sites excluding steroid dienone is 1. The van der Waals surface area contributed by atoms with Crippen molar-refractivity contribution in [3.63, 3.8) is 0 Å². The second-order valence-electron chi connectivity index (χ2n) is 10.2. The van der Waals surface area contributed by atoms with Crippen LogP contribution in [-0.2, 0) is 11.3 Å². The maximum Gasteiger partial charge on any atom is 0.335 e. The zero-order valence-electron chi connectivity index (χ0n) is 22.3. The maximum atomic E-state index is 12.6. The van der Waals surface area contributed by atoms with Crippen LogP contribution in [0, 0.1) is 5.92 Å². The molecule has 1 fully saturated rings. The number of alkyl halides is 1. The number of likely N-dealkylation sites (tertiary alicyclic amines) is 1. The van der Waals surface area contributed by atoms with E-state index in [-0.39, 0.29) is 18.2 Å². The molecule has 1 saturated heterocycles. The standard InChI is InChI=1S/C32H31Cl2FN2O3/c1-40-36-31(24-18-37(19-24)15-3-14-35)21-8-6-20(7-9-21)30-26-12-10-23(32(38)39)16-22(26)4-2-5-28(30)27-13-11-25(33)17-29(27)34/h6-13,16-17,24H,2-5,14-15,18-19H2,1H3,(H,38,39)/b36-31-. The molecule has 0 aromatic heterocycles. The molecule has 3 aromatic carbocycles. The zero-order chi connectivity index (χ0) is 28.2. The molecule has 1 heterocycles. The van der Waals surface area contributed by atoms with Gasteiger partial charge in [0.05, 0.1) is 17.9 Å². The lowest BCUT2D eigenvalue weighted by atomic mass is 9.85. The van der Waals surface area contributed by atoms with Crippen LogP contribution in [0.2, 0.25) is 10.0 Å². The van der Waals surface area contributed by atoms with Gasteiger partial charge in [0, 0.05) is 35.6 Å². The summed E-state index contributed by atoms with van der Waals surface area (Å²) in [4.78, 5) is 19.1. The van der Waals surface area contributed by atoms with Crippen LogP contribution in [0.15, 0.2) is 65.8 Å². The smallest absolute Gasteiger partial charge is 0.335 e. The normalized spacial score (nSPS) is 16.4. The van der Waals surface area contributed by atoms with Crippen molar-refractivity contribution in [2.45, 2.75) is 25.7 Å². The molecule has 40 heavy (non-hydrogen) atoms. The molecule has 5 rings (SSSR count). The largest absolute Gasteiger partial charge is 0.478 e. The van der Waals surface area contributed by atoms with Crippen LogP contribution in [0.4, 0.5) is 4.39 Å². The van der Waals surface area contributed by atoms with Crippen molar-refractivity contribution in [2.75, 3.05) is 33.4 Å². The number of oxime groups is 1. The van der Waals surface area contributed by atoms with Gasteiger partial charge >= 0.3 is 5.97 Å². The van der Waals surface area contributed by atoms with Gasteiger partial charge in [0.15, 0.2) is 0 Å². The van der Waals surface area contributed by atoms with E-state index in [2.05, 4.69) is 34.3 Å². The third kappa shape index (κ3) is 5.95. The number of rotatable bonds is 9. The minimum absolute atomic E-state index is 0.223. The summed E-state index contributed by atoms with van der Waals surface area (Å²) in [7, 11) is 1.55. The van der Waals surface area contributed by atoms with Crippen molar-refractivity contribution in [1.29, 1.82) is 0 Å². The monoisotopic (exact) mass is 580 g/mol. The van der Waals surface area contributed by atoms with E-state index in [0.29, 0.717) is 16.5 Å². The van der Waals surface area contributed by atoms with Gasteiger partial charge in [-0.25, -0.2) is 4.79 Å². The van der Waals surface area contributed by atoms with E-state index in [1.165, 1.54) is 0 Å². The zero-order valence-corrected chi connectivity index (χ0v) is 23.8. The first kappa shape index (κ1) is 28.3. The Morgan fingerprint density at radius 3 is 2.42 bits per heavy atom. The number of hydrogen-bond donors (Lipinski definition) is 1. The average molecular weight is 582 g/mol. The molecule has 3 aromatic rings. The van der Waals surface area contributed by atoms with Crippen molar-refractivity contribution in [1.82, 2.24) is 4.90 Å². The van der Waals surface area contributed by atoms with Crippen molar-refractivity contribution >= 4 is 46.0 Å². The summed E-state index contributed by atoms with van der Waals surface area (Å²) in [6.07, 6.45) is 2.94. The van der Waals surface area contributed by atoms with Gasteiger partial charge in [-0.3, -0.25) is 4.39 Å². The van der Waals surface area contributed by atoms with Crippen LogP contribution >= 0.6 is 23.2 Å². The van der Waals surface area contributed by atoms with Crippen LogP contribution < -0.4 is 0 Å². The number of nitrogens with zero attached hydrogens (tertiary/aromatic N) is 2. The lowest BCUT2D eigenvalue weighted by molar-refractivity contribution is 0.0696. The van der Waals surface area contributed by atoms with Gasteiger partial charge in [0.1, 0.15) is 7.11 Å². The van der Waals surface area contributed by atoms with Gasteiger partial charge in [-0.1, -0.05) is 64.8 Å². The molecule has 8 heteroatoms. The minimum atomic E-state index is -0.938. The highest BCUT2D eigenvalue weighted by Crippen LogP contribution is 2.42. The summed E-state index contributed by atoms with van der Waals surface area (Å²) < 4.78 is 12.6. The molecule has 5 nitrogen and oxygen atoms in total. The molecule has 0 saturated carbocycles. The molecule has 0 amide bonds. The summed E-state index contributed by atoms with van der Waals surface area (Å²) in [6.45, 7) is 2.10. The Hall–Kier alpha value is -3.19. The highest BCUT2D eigenvalue weighted by atomic mass is 35.5. The van der Waals surface area contributed by atoms with Gasteiger partial charge < -0.3 is 14.8 Å². The first-order valence-corrected chi connectivity index (χ1v) is 14.2. The fourth-order valence-electron chi connectivity index (χ4n) is 5.73. The number of aromatic carboxylic acids is 1. The van der Waals surface area contributed by atoms with Crippen LogP contribution in [0.3, 0.4) is 0 Å². The van der Waals surface area contributed by atoms with E-state index in [0.717, 1.165) is 83.6 Å². The van der Waals surface area contributed by atoms with E-state index >= 15 is 0 Å². The first-order chi connectivity index (χ1) is 19.4. The third-order valence-electron chi connectivity index (χ3n) is 7.66. The fourth-order valence-corrected chi connectivity index (χ4v) is 6.25. The lowest BCUT2D eigenvalue weighted by Crippen LogP contribution is -2.50. The summed E-state index contributed by atoms with van der Waals surface area (Å²) in [5.74, 6) is -0.715. The van der Waals surface area contributed by atoms with Crippen molar-refractivity contribution < 1.29 is 19.1 Å².